The largest absolute Gasteiger partial charge is 0.341 e. The van der Waals surface area contributed by atoms with Crippen LogP contribution < -0.4 is 0 Å². The van der Waals surface area contributed by atoms with E-state index >= 15 is 0 Å². The molecule has 0 bridgehead atoms. The molecule has 1 aromatic carbocycles. The minimum atomic E-state index is -3.67. The Bertz CT molecular complexity index is 790. The summed E-state index contributed by atoms with van der Waals surface area (Å²) >= 11 is 12.0. The molecular weight excluding hydrogens is 435 g/mol. The topological polar surface area (TPSA) is 77.9 Å². The lowest BCUT2D eigenvalue weighted by Crippen LogP contribution is -2.53. The number of benzene rings is 1. The predicted molar refractivity (Wildman–Crippen MR) is 117 cm³/mol. The van der Waals surface area contributed by atoms with Crippen molar-refractivity contribution in [1.82, 2.24) is 9.80 Å². The zero-order chi connectivity index (χ0) is 21.6. The highest BCUT2D eigenvalue weighted by Gasteiger charge is 2.35. The maximum atomic E-state index is 12.8. The highest BCUT2D eigenvalue weighted by atomic mass is 35.5. The molecule has 1 saturated carbocycles. The van der Waals surface area contributed by atoms with Gasteiger partial charge in [0.15, 0.2) is 0 Å². The first-order valence-corrected chi connectivity index (χ1v) is 12.5. The number of hydrogen-bond donors (Lipinski definition) is 1. The van der Waals surface area contributed by atoms with Crippen molar-refractivity contribution in [3.63, 3.8) is 0 Å². The highest BCUT2D eigenvalue weighted by molar-refractivity contribution is 7.85. The van der Waals surface area contributed by atoms with Gasteiger partial charge in [-0.15, -0.1) is 0 Å². The summed E-state index contributed by atoms with van der Waals surface area (Å²) in [6.45, 7) is 2.38. The second-order valence-electron chi connectivity index (χ2n) is 7.83. The van der Waals surface area contributed by atoms with Gasteiger partial charge in [-0.05, 0) is 56.5 Å². The lowest BCUT2D eigenvalue weighted by molar-refractivity contribution is -0.133. The van der Waals surface area contributed by atoms with E-state index in [1.807, 2.05) is 18.0 Å². The summed E-state index contributed by atoms with van der Waals surface area (Å²) in [5.74, 6) is 0.171. The molecule has 9 heteroatoms. The molecule has 1 aliphatic carbocycles. The van der Waals surface area contributed by atoms with E-state index in [0.29, 0.717) is 34.8 Å². The van der Waals surface area contributed by atoms with Crippen molar-refractivity contribution in [3.05, 3.63) is 33.8 Å². The molecular formula is C20H30Cl2N2O4S. The zero-order valence-electron chi connectivity index (χ0n) is 17.0. The molecule has 2 fully saturated rings. The number of nitrogens with zero attached hydrogens (tertiary/aromatic N) is 2. The molecule has 2 aliphatic rings. The zero-order valence-corrected chi connectivity index (χ0v) is 19.3. The Morgan fingerprint density at radius 2 is 1.72 bits per heavy atom. The minimum Gasteiger partial charge on any atom is -0.341 e. The summed E-state index contributed by atoms with van der Waals surface area (Å²) in [5, 5.41) is 1.04. The second kappa shape index (κ2) is 11.0. The van der Waals surface area contributed by atoms with Crippen LogP contribution in [0.4, 0.5) is 0 Å². The summed E-state index contributed by atoms with van der Waals surface area (Å²) in [5.41, 5.74) is 0.926. The molecule has 1 aromatic rings. The monoisotopic (exact) mass is 464 g/mol. The molecule has 29 heavy (non-hydrogen) atoms. The molecule has 0 aromatic heterocycles. The van der Waals surface area contributed by atoms with E-state index in [4.69, 9.17) is 27.8 Å². The van der Waals surface area contributed by atoms with Crippen LogP contribution in [0.3, 0.4) is 0 Å². The molecule has 2 atom stereocenters. The number of rotatable bonds is 4. The van der Waals surface area contributed by atoms with Crippen molar-refractivity contribution in [1.29, 1.82) is 0 Å². The van der Waals surface area contributed by atoms with Crippen LogP contribution in [0.5, 0.6) is 0 Å². The van der Waals surface area contributed by atoms with E-state index in [0.717, 1.165) is 12.0 Å². The van der Waals surface area contributed by atoms with Gasteiger partial charge in [0.1, 0.15) is 0 Å². The smallest absolute Gasteiger partial charge is 0.261 e. The van der Waals surface area contributed by atoms with Gasteiger partial charge in [-0.25, -0.2) is 0 Å². The van der Waals surface area contributed by atoms with Crippen molar-refractivity contribution >= 4 is 39.2 Å². The fourth-order valence-corrected chi connectivity index (χ4v) is 4.50. The molecule has 1 aliphatic heterocycles. The standard InChI is InChI=1S/C19H26Cl2N2O.CH4O3S/c1-22(19(24)13-14-8-9-15(20)16(21)12-14)17-6-2-3-7-18(17)23-10-4-5-11-23;1-5(2,3)4/h8-9,12,17-18H,2-7,10-11,13H2,1H3;1H3,(H,2,3,4). The normalized spacial score (nSPS) is 22.7. The van der Waals surface area contributed by atoms with E-state index < -0.39 is 10.1 Å². The number of hydrogen-bond acceptors (Lipinski definition) is 4. The maximum absolute atomic E-state index is 12.8. The van der Waals surface area contributed by atoms with Gasteiger partial charge in [-0.1, -0.05) is 42.1 Å². The number of likely N-dealkylation sites (N-methyl/N-ethyl adjacent to an activating group) is 1. The summed E-state index contributed by atoms with van der Waals surface area (Å²) in [6, 6.07) is 6.32. The Balaban J connectivity index is 0.000000537. The van der Waals surface area contributed by atoms with Gasteiger partial charge in [0.2, 0.25) is 5.91 Å². The SMILES string of the molecule is CN(C(=O)Cc1ccc(Cl)c(Cl)c1)C1CCCCC1N1CCCC1.CS(=O)(=O)O. The molecule has 6 nitrogen and oxygen atoms in total. The van der Waals surface area contributed by atoms with E-state index in [1.165, 1.54) is 45.2 Å². The van der Waals surface area contributed by atoms with Crippen LogP contribution in [-0.4, -0.2) is 67.2 Å². The van der Waals surface area contributed by atoms with Crippen molar-refractivity contribution in [2.75, 3.05) is 26.4 Å². The number of amides is 1. The summed E-state index contributed by atoms with van der Waals surface area (Å²) < 4.78 is 25.9. The Morgan fingerprint density at radius 1 is 1.14 bits per heavy atom. The minimum absolute atomic E-state index is 0.171. The van der Waals surface area contributed by atoms with Crippen LogP contribution in [0.25, 0.3) is 0 Å². The van der Waals surface area contributed by atoms with Crippen molar-refractivity contribution in [2.24, 2.45) is 0 Å². The molecule has 3 rings (SSSR count). The first-order valence-electron chi connectivity index (χ1n) is 9.92. The number of carbonyl (C=O) groups is 1. The highest BCUT2D eigenvalue weighted by Crippen LogP contribution is 2.29. The van der Waals surface area contributed by atoms with Gasteiger partial charge in [0.05, 0.1) is 22.7 Å². The van der Waals surface area contributed by atoms with E-state index in [1.54, 1.807) is 12.1 Å². The van der Waals surface area contributed by atoms with Crippen LogP contribution in [-0.2, 0) is 21.3 Å². The van der Waals surface area contributed by atoms with E-state index in [2.05, 4.69) is 4.90 Å². The first kappa shape index (κ1) is 24.4. The molecule has 1 saturated heterocycles. The summed E-state index contributed by atoms with van der Waals surface area (Å²) in [4.78, 5) is 17.4. The molecule has 1 heterocycles. The molecule has 164 valence electrons. The Morgan fingerprint density at radius 3 is 2.31 bits per heavy atom. The van der Waals surface area contributed by atoms with E-state index in [9.17, 15) is 13.2 Å². The van der Waals surface area contributed by atoms with Crippen molar-refractivity contribution in [2.45, 2.75) is 57.0 Å². The number of halogens is 2. The average Bonchev–Trinajstić information content (AvgIpc) is 3.17. The van der Waals surface area contributed by atoms with Crippen LogP contribution in [0, 0.1) is 0 Å². The van der Waals surface area contributed by atoms with Gasteiger partial charge >= 0.3 is 0 Å². The summed E-state index contributed by atoms with van der Waals surface area (Å²) in [6.07, 6.45) is 8.53. The van der Waals surface area contributed by atoms with Crippen molar-refractivity contribution in [3.8, 4) is 0 Å². The lowest BCUT2D eigenvalue weighted by Gasteiger charge is -2.42. The predicted octanol–water partition coefficient (Wildman–Crippen LogP) is 3.91. The molecule has 0 radical (unpaired) electrons. The fraction of sp³-hybridized carbons (Fsp3) is 0.650. The third-order valence-corrected chi connectivity index (χ3v) is 6.27. The Kier molecular flexibility index (Phi) is 9.22. The first-order chi connectivity index (χ1) is 13.6. The van der Waals surface area contributed by atoms with Crippen LogP contribution >= 0.6 is 23.2 Å². The van der Waals surface area contributed by atoms with E-state index in [-0.39, 0.29) is 5.91 Å². The molecule has 1 amide bonds. The van der Waals surface area contributed by atoms with Crippen LogP contribution in [0.1, 0.15) is 44.1 Å². The van der Waals surface area contributed by atoms with Gasteiger partial charge in [0.25, 0.3) is 10.1 Å². The number of likely N-dealkylation sites (tertiary alicyclic amines) is 1. The van der Waals surface area contributed by atoms with Crippen LogP contribution in [0.2, 0.25) is 10.0 Å². The van der Waals surface area contributed by atoms with Gasteiger partial charge in [-0.2, -0.15) is 8.42 Å². The van der Waals surface area contributed by atoms with Gasteiger partial charge in [-0.3, -0.25) is 14.2 Å². The average molecular weight is 465 g/mol. The Labute approximate surface area is 183 Å². The van der Waals surface area contributed by atoms with Crippen molar-refractivity contribution < 1.29 is 17.8 Å². The number of carbonyl (C=O) groups excluding carboxylic acids is 1. The van der Waals surface area contributed by atoms with Gasteiger partial charge in [0, 0.05) is 19.1 Å². The summed E-state index contributed by atoms with van der Waals surface area (Å²) in [7, 11) is -1.70. The second-order valence-corrected chi connectivity index (χ2v) is 10.1. The molecule has 0 spiro atoms. The molecule has 2 unspecified atom stereocenters. The quantitative estimate of drug-likeness (QED) is 0.683. The molecule has 1 N–H and O–H groups in total. The fourth-order valence-electron chi connectivity index (χ4n) is 4.18. The third kappa shape index (κ3) is 8.06. The third-order valence-electron chi connectivity index (χ3n) is 5.53. The Hall–Kier alpha value is -0.860. The van der Waals surface area contributed by atoms with Gasteiger partial charge < -0.3 is 4.90 Å². The van der Waals surface area contributed by atoms with Crippen LogP contribution in [0.15, 0.2) is 18.2 Å². The lowest BCUT2D eigenvalue weighted by atomic mass is 9.88. The maximum Gasteiger partial charge on any atom is 0.261 e.